The van der Waals surface area contributed by atoms with Crippen LogP contribution in [0.2, 0.25) is 0 Å². The minimum absolute atomic E-state index is 0.0587. The molecule has 5 heteroatoms. The van der Waals surface area contributed by atoms with Gasteiger partial charge in [0.05, 0.1) is 0 Å². The summed E-state index contributed by atoms with van der Waals surface area (Å²) < 4.78 is 18.4. The van der Waals surface area contributed by atoms with Gasteiger partial charge in [0, 0.05) is 19.1 Å². The predicted octanol–water partition coefficient (Wildman–Crippen LogP) is 3.22. The average molecular weight is 308 g/mol. The summed E-state index contributed by atoms with van der Waals surface area (Å²) in [6, 6.07) is 6.58. The molecule has 2 N–H and O–H groups in total. The van der Waals surface area contributed by atoms with Gasteiger partial charge in [-0.3, -0.25) is 0 Å². The second-order valence-electron chi connectivity index (χ2n) is 6.85. The lowest BCUT2D eigenvalue weighted by atomic mass is 10.1. The molecule has 0 aromatic heterocycles. The topological polar surface area (TPSA) is 50.4 Å². The number of benzene rings is 1. The third-order valence-corrected chi connectivity index (χ3v) is 3.48. The number of carbonyl (C=O) groups is 1. The Kier molecular flexibility index (Phi) is 5.40. The van der Waals surface area contributed by atoms with E-state index in [0.29, 0.717) is 19.0 Å². The van der Waals surface area contributed by atoms with Crippen molar-refractivity contribution >= 4 is 6.09 Å². The predicted molar refractivity (Wildman–Crippen MR) is 84.0 cm³/mol. The molecule has 2 rings (SSSR count). The van der Waals surface area contributed by atoms with Gasteiger partial charge in [-0.25, -0.2) is 9.18 Å². The van der Waals surface area contributed by atoms with E-state index in [9.17, 15) is 9.18 Å². The van der Waals surface area contributed by atoms with Crippen molar-refractivity contribution in [2.24, 2.45) is 5.92 Å². The maximum Gasteiger partial charge on any atom is 0.407 e. The van der Waals surface area contributed by atoms with Crippen LogP contribution >= 0.6 is 0 Å². The molecule has 0 saturated heterocycles. The van der Waals surface area contributed by atoms with Crippen LogP contribution in [0.25, 0.3) is 0 Å². The van der Waals surface area contributed by atoms with Crippen molar-refractivity contribution < 1.29 is 13.9 Å². The number of halogens is 1. The molecule has 1 fully saturated rings. The minimum Gasteiger partial charge on any atom is -0.444 e. The SMILES string of the molecule is CC(C)(C)OC(=O)NC(CNCc1cccc(F)c1)C1CC1. The minimum atomic E-state index is -0.493. The first-order valence-electron chi connectivity index (χ1n) is 7.78. The molecule has 122 valence electrons. The maximum absolute atomic E-state index is 13.1. The fourth-order valence-electron chi connectivity index (χ4n) is 2.31. The standard InChI is InChI=1S/C17H25FN2O2/c1-17(2,3)22-16(21)20-15(13-7-8-13)11-19-10-12-5-4-6-14(18)9-12/h4-6,9,13,15,19H,7-8,10-11H2,1-3H3,(H,20,21). The fourth-order valence-corrected chi connectivity index (χ4v) is 2.31. The number of alkyl carbamates (subject to hydrolysis) is 1. The number of hydrogen-bond donors (Lipinski definition) is 2. The molecule has 22 heavy (non-hydrogen) atoms. The van der Waals surface area contributed by atoms with Crippen LogP contribution < -0.4 is 10.6 Å². The Morgan fingerprint density at radius 1 is 1.41 bits per heavy atom. The van der Waals surface area contributed by atoms with Crippen molar-refractivity contribution in [1.29, 1.82) is 0 Å². The van der Waals surface area contributed by atoms with E-state index in [1.54, 1.807) is 6.07 Å². The second-order valence-corrected chi connectivity index (χ2v) is 6.85. The number of carbonyl (C=O) groups excluding carboxylic acids is 1. The normalized spacial score (nSPS) is 16.2. The van der Waals surface area contributed by atoms with Crippen LogP contribution in [0.1, 0.15) is 39.2 Å². The summed E-state index contributed by atoms with van der Waals surface area (Å²) in [5.41, 5.74) is 0.402. The van der Waals surface area contributed by atoms with Gasteiger partial charge in [-0.2, -0.15) is 0 Å². The van der Waals surface area contributed by atoms with Gasteiger partial charge >= 0.3 is 6.09 Å². The number of rotatable bonds is 6. The summed E-state index contributed by atoms with van der Waals surface area (Å²) >= 11 is 0. The fraction of sp³-hybridized carbons (Fsp3) is 0.588. The molecule has 1 amide bonds. The van der Waals surface area contributed by atoms with Crippen molar-refractivity contribution in [1.82, 2.24) is 10.6 Å². The number of ether oxygens (including phenoxy) is 1. The lowest BCUT2D eigenvalue weighted by molar-refractivity contribution is 0.0497. The molecule has 1 unspecified atom stereocenters. The van der Waals surface area contributed by atoms with Gasteiger partial charge in [-0.15, -0.1) is 0 Å². The highest BCUT2D eigenvalue weighted by Gasteiger charge is 2.33. The Morgan fingerprint density at radius 2 is 2.14 bits per heavy atom. The number of amides is 1. The van der Waals surface area contributed by atoms with Crippen LogP contribution in [0, 0.1) is 11.7 Å². The Hall–Kier alpha value is -1.62. The van der Waals surface area contributed by atoms with Gasteiger partial charge in [-0.1, -0.05) is 12.1 Å². The highest BCUT2D eigenvalue weighted by Crippen LogP contribution is 2.32. The summed E-state index contributed by atoms with van der Waals surface area (Å²) in [6.45, 7) is 6.78. The molecular formula is C17H25FN2O2. The summed E-state index contributed by atoms with van der Waals surface area (Å²) in [5.74, 6) is 0.275. The van der Waals surface area contributed by atoms with Crippen molar-refractivity contribution in [3.8, 4) is 0 Å². The smallest absolute Gasteiger partial charge is 0.407 e. The molecule has 1 saturated carbocycles. The van der Waals surface area contributed by atoms with E-state index >= 15 is 0 Å². The van der Waals surface area contributed by atoms with Crippen molar-refractivity contribution in [3.63, 3.8) is 0 Å². The zero-order chi connectivity index (χ0) is 16.2. The van der Waals surface area contributed by atoms with Crippen LogP contribution in [0.5, 0.6) is 0 Å². The third kappa shape index (κ3) is 6.02. The molecule has 0 aliphatic heterocycles. The molecule has 4 nitrogen and oxygen atoms in total. The van der Waals surface area contributed by atoms with Crippen molar-refractivity contribution in [2.45, 2.75) is 51.8 Å². The Balaban J connectivity index is 1.78. The van der Waals surface area contributed by atoms with E-state index in [1.165, 1.54) is 12.1 Å². The van der Waals surface area contributed by atoms with E-state index < -0.39 is 5.60 Å². The van der Waals surface area contributed by atoms with Crippen LogP contribution in [0.4, 0.5) is 9.18 Å². The lowest BCUT2D eigenvalue weighted by Gasteiger charge is -2.24. The maximum atomic E-state index is 13.1. The monoisotopic (exact) mass is 308 g/mol. The summed E-state index contributed by atoms with van der Waals surface area (Å²) in [7, 11) is 0. The van der Waals surface area contributed by atoms with E-state index in [-0.39, 0.29) is 18.0 Å². The van der Waals surface area contributed by atoms with Gasteiger partial charge in [0.1, 0.15) is 11.4 Å². The molecule has 1 aromatic carbocycles. The molecule has 0 radical (unpaired) electrons. The molecule has 1 aromatic rings. The molecular weight excluding hydrogens is 283 g/mol. The van der Waals surface area contributed by atoms with Crippen molar-refractivity contribution in [3.05, 3.63) is 35.6 Å². The van der Waals surface area contributed by atoms with Crippen LogP contribution in [0.15, 0.2) is 24.3 Å². The second kappa shape index (κ2) is 7.09. The van der Waals surface area contributed by atoms with Gasteiger partial charge in [0.2, 0.25) is 0 Å². The first-order chi connectivity index (χ1) is 10.3. The zero-order valence-corrected chi connectivity index (χ0v) is 13.5. The Bertz CT molecular complexity index is 510. The van der Waals surface area contributed by atoms with Crippen LogP contribution in [-0.4, -0.2) is 24.3 Å². The zero-order valence-electron chi connectivity index (χ0n) is 13.5. The van der Waals surface area contributed by atoms with Gasteiger partial charge in [-0.05, 0) is 57.2 Å². The quantitative estimate of drug-likeness (QED) is 0.848. The molecule has 0 heterocycles. The van der Waals surface area contributed by atoms with Gasteiger partial charge in [0.15, 0.2) is 0 Å². The Labute approximate surface area is 131 Å². The van der Waals surface area contributed by atoms with Crippen LogP contribution in [0.3, 0.4) is 0 Å². The molecule has 0 bridgehead atoms. The first-order valence-corrected chi connectivity index (χ1v) is 7.78. The largest absolute Gasteiger partial charge is 0.444 e. The summed E-state index contributed by atoms with van der Waals surface area (Å²) in [6.07, 6.45) is 1.88. The summed E-state index contributed by atoms with van der Waals surface area (Å²) in [4.78, 5) is 11.9. The van der Waals surface area contributed by atoms with Crippen LogP contribution in [-0.2, 0) is 11.3 Å². The van der Waals surface area contributed by atoms with E-state index in [2.05, 4.69) is 10.6 Å². The number of hydrogen-bond acceptors (Lipinski definition) is 3. The number of nitrogens with one attached hydrogen (secondary N) is 2. The summed E-state index contributed by atoms with van der Waals surface area (Å²) in [5, 5.41) is 6.22. The molecule has 1 atom stereocenters. The third-order valence-electron chi connectivity index (χ3n) is 3.48. The van der Waals surface area contributed by atoms with E-state index in [0.717, 1.165) is 18.4 Å². The molecule has 1 aliphatic carbocycles. The average Bonchev–Trinajstić information content (AvgIpc) is 3.19. The van der Waals surface area contributed by atoms with Gasteiger partial charge in [0.25, 0.3) is 0 Å². The van der Waals surface area contributed by atoms with E-state index in [1.807, 2.05) is 26.8 Å². The van der Waals surface area contributed by atoms with E-state index in [4.69, 9.17) is 4.74 Å². The van der Waals surface area contributed by atoms with Crippen molar-refractivity contribution in [2.75, 3.05) is 6.54 Å². The highest BCUT2D eigenvalue weighted by atomic mass is 19.1. The molecule has 1 aliphatic rings. The first kappa shape index (κ1) is 16.7. The lowest BCUT2D eigenvalue weighted by Crippen LogP contribution is -2.45. The Morgan fingerprint density at radius 3 is 2.73 bits per heavy atom. The van der Waals surface area contributed by atoms with Gasteiger partial charge < -0.3 is 15.4 Å². The highest BCUT2D eigenvalue weighted by molar-refractivity contribution is 5.68. The molecule has 0 spiro atoms.